The molecule has 1 fully saturated rings. The molecule has 2 unspecified atom stereocenters. The van der Waals surface area contributed by atoms with Gasteiger partial charge in [-0.15, -0.1) is 0 Å². The third-order valence-electron chi connectivity index (χ3n) is 3.27. The molecule has 2 N–H and O–H groups in total. The van der Waals surface area contributed by atoms with E-state index in [-0.39, 0.29) is 17.8 Å². The summed E-state index contributed by atoms with van der Waals surface area (Å²) >= 11 is 0. The van der Waals surface area contributed by atoms with Crippen LogP contribution in [0, 0.1) is 5.82 Å². The predicted octanol–water partition coefficient (Wildman–Crippen LogP) is 1.62. The average molecular weight is 250 g/mol. The first-order chi connectivity index (χ1) is 8.65. The van der Waals surface area contributed by atoms with E-state index >= 15 is 0 Å². The molecule has 1 heterocycles. The van der Waals surface area contributed by atoms with Gasteiger partial charge in [0, 0.05) is 25.0 Å². The highest BCUT2D eigenvalue weighted by atomic mass is 19.1. The van der Waals surface area contributed by atoms with Crippen LogP contribution in [0.15, 0.2) is 24.3 Å². The fraction of sp³-hybridized carbons (Fsp3) is 0.500. The molecule has 2 atom stereocenters. The second-order valence-corrected chi connectivity index (χ2v) is 4.90. The van der Waals surface area contributed by atoms with E-state index in [9.17, 15) is 9.18 Å². The lowest BCUT2D eigenvalue weighted by Gasteiger charge is -2.27. The van der Waals surface area contributed by atoms with E-state index in [1.54, 1.807) is 6.07 Å². The zero-order valence-corrected chi connectivity index (χ0v) is 10.6. The Kier molecular flexibility index (Phi) is 4.31. The van der Waals surface area contributed by atoms with Crippen molar-refractivity contribution in [2.75, 3.05) is 6.54 Å². The van der Waals surface area contributed by atoms with E-state index in [1.807, 2.05) is 19.1 Å². The predicted molar refractivity (Wildman–Crippen MR) is 68.7 cm³/mol. The quantitative estimate of drug-likeness (QED) is 0.852. The molecule has 1 aliphatic rings. The first-order valence-corrected chi connectivity index (χ1v) is 6.41. The summed E-state index contributed by atoms with van der Waals surface area (Å²) < 4.78 is 13.5. The lowest BCUT2D eigenvalue weighted by atomic mass is 10.0. The topological polar surface area (TPSA) is 41.1 Å². The number of nitrogens with one attached hydrogen (secondary N) is 2. The van der Waals surface area contributed by atoms with Crippen molar-refractivity contribution in [3.8, 4) is 0 Å². The van der Waals surface area contributed by atoms with Crippen molar-refractivity contribution in [3.05, 3.63) is 35.6 Å². The average Bonchev–Trinajstić information content (AvgIpc) is 2.35. The number of hydrogen-bond donors (Lipinski definition) is 2. The summed E-state index contributed by atoms with van der Waals surface area (Å²) in [6.07, 6.45) is 2.09. The molecule has 1 aromatic carbocycles. The van der Waals surface area contributed by atoms with E-state index < -0.39 is 0 Å². The summed E-state index contributed by atoms with van der Waals surface area (Å²) in [7, 11) is 0. The zero-order valence-electron chi connectivity index (χ0n) is 10.6. The van der Waals surface area contributed by atoms with Crippen LogP contribution < -0.4 is 10.6 Å². The molecular weight excluding hydrogens is 231 g/mol. The van der Waals surface area contributed by atoms with Crippen LogP contribution in [0.4, 0.5) is 4.39 Å². The first-order valence-electron chi connectivity index (χ1n) is 6.41. The van der Waals surface area contributed by atoms with Gasteiger partial charge in [0.25, 0.3) is 0 Å². The standard InChI is InChI=1S/C14H19FN2O/c1-10(8-11-4-2-3-5-13(11)15)17-12-6-7-14(18)16-9-12/h2-5,10,12,17H,6-9H2,1H3,(H,16,18). The van der Waals surface area contributed by atoms with Crippen LogP contribution in [-0.4, -0.2) is 24.5 Å². The van der Waals surface area contributed by atoms with Crippen molar-refractivity contribution >= 4 is 5.91 Å². The fourth-order valence-corrected chi connectivity index (χ4v) is 2.33. The number of amides is 1. The van der Waals surface area contributed by atoms with Crippen LogP contribution >= 0.6 is 0 Å². The molecule has 0 radical (unpaired) electrons. The Morgan fingerprint density at radius 3 is 2.94 bits per heavy atom. The van der Waals surface area contributed by atoms with E-state index in [0.717, 1.165) is 12.0 Å². The molecule has 0 saturated carbocycles. The fourth-order valence-electron chi connectivity index (χ4n) is 2.33. The molecule has 4 heteroatoms. The molecule has 1 amide bonds. The monoisotopic (exact) mass is 250 g/mol. The van der Waals surface area contributed by atoms with Crippen LogP contribution in [0.5, 0.6) is 0 Å². The van der Waals surface area contributed by atoms with Gasteiger partial charge < -0.3 is 10.6 Å². The molecule has 1 aromatic rings. The van der Waals surface area contributed by atoms with Gasteiger partial charge in [0.15, 0.2) is 0 Å². The SMILES string of the molecule is CC(Cc1ccccc1F)NC1CCC(=O)NC1. The summed E-state index contributed by atoms with van der Waals surface area (Å²) in [6.45, 7) is 2.71. The van der Waals surface area contributed by atoms with Crippen LogP contribution in [0.2, 0.25) is 0 Å². The largest absolute Gasteiger partial charge is 0.355 e. The van der Waals surface area contributed by atoms with Crippen LogP contribution in [0.3, 0.4) is 0 Å². The number of rotatable bonds is 4. The third kappa shape index (κ3) is 3.53. The highest BCUT2D eigenvalue weighted by Crippen LogP contribution is 2.10. The van der Waals surface area contributed by atoms with Gasteiger partial charge in [-0.3, -0.25) is 4.79 Å². The van der Waals surface area contributed by atoms with Crippen LogP contribution in [-0.2, 0) is 11.2 Å². The molecule has 18 heavy (non-hydrogen) atoms. The highest BCUT2D eigenvalue weighted by molar-refractivity contribution is 5.76. The summed E-state index contributed by atoms with van der Waals surface area (Å²) in [5, 5.41) is 6.27. The van der Waals surface area contributed by atoms with Gasteiger partial charge in [-0.1, -0.05) is 18.2 Å². The maximum absolute atomic E-state index is 13.5. The molecule has 0 bridgehead atoms. The van der Waals surface area contributed by atoms with Crippen molar-refractivity contribution in [3.63, 3.8) is 0 Å². The van der Waals surface area contributed by atoms with Gasteiger partial charge in [-0.2, -0.15) is 0 Å². The van der Waals surface area contributed by atoms with Gasteiger partial charge in [0.1, 0.15) is 5.82 Å². The number of hydrogen-bond acceptors (Lipinski definition) is 2. The lowest BCUT2D eigenvalue weighted by Crippen LogP contribution is -2.49. The van der Waals surface area contributed by atoms with E-state index in [4.69, 9.17) is 0 Å². The Morgan fingerprint density at radius 2 is 2.28 bits per heavy atom. The molecule has 3 nitrogen and oxygen atoms in total. The first kappa shape index (κ1) is 13.0. The molecule has 1 saturated heterocycles. The Balaban J connectivity index is 1.83. The van der Waals surface area contributed by atoms with Gasteiger partial charge in [0.2, 0.25) is 5.91 Å². The number of piperidine rings is 1. The number of carbonyl (C=O) groups excluding carboxylic acids is 1. The van der Waals surface area contributed by atoms with E-state index in [1.165, 1.54) is 6.07 Å². The molecule has 0 aliphatic carbocycles. The molecule has 2 rings (SSSR count). The molecule has 1 aliphatic heterocycles. The molecule has 0 spiro atoms. The van der Waals surface area contributed by atoms with Crippen molar-refractivity contribution in [2.45, 2.75) is 38.3 Å². The second-order valence-electron chi connectivity index (χ2n) is 4.90. The minimum absolute atomic E-state index is 0.120. The summed E-state index contributed by atoms with van der Waals surface area (Å²) in [4.78, 5) is 11.0. The van der Waals surface area contributed by atoms with Gasteiger partial charge in [0.05, 0.1) is 0 Å². The Morgan fingerprint density at radius 1 is 1.50 bits per heavy atom. The minimum Gasteiger partial charge on any atom is -0.355 e. The number of benzene rings is 1. The van der Waals surface area contributed by atoms with E-state index in [2.05, 4.69) is 10.6 Å². The van der Waals surface area contributed by atoms with Gasteiger partial charge in [-0.05, 0) is 31.4 Å². The van der Waals surface area contributed by atoms with Crippen molar-refractivity contribution in [1.29, 1.82) is 0 Å². The molecule has 0 aromatic heterocycles. The number of carbonyl (C=O) groups is 1. The smallest absolute Gasteiger partial charge is 0.220 e. The van der Waals surface area contributed by atoms with E-state index in [0.29, 0.717) is 25.4 Å². The van der Waals surface area contributed by atoms with Crippen LogP contribution in [0.1, 0.15) is 25.3 Å². The summed E-state index contributed by atoms with van der Waals surface area (Å²) in [5.41, 5.74) is 0.734. The minimum atomic E-state index is -0.150. The molecular formula is C14H19FN2O. The second kappa shape index (κ2) is 5.96. The van der Waals surface area contributed by atoms with Crippen molar-refractivity contribution in [1.82, 2.24) is 10.6 Å². The van der Waals surface area contributed by atoms with Crippen molar-refractivity contribution < 1.29 is 9.18 Å². The maximum atomic E-state index is 13.5. The summed E-state index contributed by atoms with van der Waals surface area (Å²) in [6, 6.07) is 7.35. The van der Waals surface area contributed by atoms with Gasteiger partial charge >= 0.3 is 0 Å². The van der Waals surface area contributed by atoms with Crippen molar-refractivity contribution in [2.24, 2.45) is 0 Å². The summed E-state index contributed by atoms with van der Waals surface area (Å²) in [5.74, 6) is -0.0297. The zero-order chi connectivity index (χ0) is 13.0. The lowest BCUT2D eigenvalue weighted by molar-refractivity contribution is -0.122. The highest BCUT2D eigenvalue weighted by Gasteiger charge is 2.19. The third-order valence-corrected chi connectivity index (χ3v) is 3.27. The maximum Gasteiger partial charge on any atom is 0.220 e. The van der Waals surface area contributed by atoms with Gasteiger partial charge in [-0.25, -0.2) is 4.39 Å². The van der Waals surface area contributed by atoms with Crippen LogP contribution in [0.25, 0.3) is 0 Å². The normalized spacial score (nSPS) is 21.4. The number of halogens is 1. The Bertz CT molecular complexity index is 412. The Labute approximate surface area is 107 Å². The molecule has 98 valence electrons. The Hall–Kier alpha value is -1.42.